The van der Waals surface area contributed by atoms with Crippen LogP contribution in [-0.4, -0.2) is 193 Å². The van der Waals surface area contributed by atoms with Crippen molar-refractivity contribution < 1.29 is 89.4 Å². The van der Waals surface area contributed by atoms with Crippen LogP contribution in [0.4, 0.5) is 0 Å². The molecule has 0 aliphatic carbocycles. The van der Waals surface area contributed by atoms with Gasteiger partial charge in [0.05, 0.1) is 38.6 Å². The predicted octanol–water partition coefficient (Wildman–Crippen LogP) is 7.94. The molecule has 0 unspecified atom stereocenters. The first-order valence-corrected chi connectivity index (χ1v) is 33.8. The van der Waals surface area contributed by atoms with Gasteiger partial charge in [-0.05, 0) is 12.8 Å². The first-order valence-electron chi connectivity index (χ1n) is 33.8. The molecule has 0 bridgehead atoms. The Labute approximate surface area is 500 Å². The Morgan fingerprint density at radius 3 is 0.976 bits per heavy atom. The van der Waals surface area contributed by atoms with E-state index in [2.05, 4.69) is 19.2 Å². The molecule has 12 N–H and O–H groups in total. The number of aliphatic hydroxyl groups excluding tert-OH is 11. The van der Waals surface area contributed by atoms with Crippen molar-refractivity contribution in [3.63, 3.8) is 0 Å². The van der Waals surface area contributed by atoms with Crippen molar-refractivity contribution in [1.29, 1.82) is 0 Å². The van der Waals surface area contributed by atoms with Crippen LogP contribution in [0.5, 0.6) is 0 Å². The van der Waals surface area contributed by atoms with Gasteiger partial charge in [0.25, 0.3) is 0 Å². The second-order valence-corrected chi connectivity index (χ2v) is 24.7. The average Bonchev–Trinajstić information content (AvgIpc) is 3.68. The van der Waals surface area contributed by atoms with Crippen LogP contribution in [0.25, 0.3) is 0 Å². The molecule has 19 heteroatoms. The molecule has 3 aliphatic rings. The number of hydrogen-bond donors (Lipinski definition) is 12. The van der Waals surface area contributed by atoms with Crippen LogP contribution in [-0.2, 0) is 33.2 Å². The maximum atomic E-state index is 13.4. The van der Waals surface area contributed by atoms with Gasteiger partial charge in [-0.1, -0.05) is 251 Å². The molecule has 3 rings (SSSR count). The number of carbonyl (C=O) groups is 1. The monoisotopic (exact) mass is 1190 g/mol. The van der Waals surface area contributed by atoms with Crippen LogP contribution in [0, 0.1) is 0 Å². The highest BCUT2D eigenvalue weighted by atomic mass is 16.7. The Bertz CT molecular complexity index is 1520. The fourth-order valence-corrected chi connectivity index (χ4v) is 11.7. The number of nitrogens with one attached hydrogen (secondary N) is 1. The summed E-state index contributed by atoms with van der Waals surface area (Å²) >= 11 is 0. The molecule has 1 amide bonds. The molecule has 0 aromatic carbocycles. The molecule has 83 heavy (non-hydrogen) atoms. The summed E-state index contributed by atoms with van der Waals surface area (Å²) in [5.41, 5.74) is 0. The highest BCUT2D eigenvalue weighted by molar-refractivity contribution is 5.76. The number of carbonyl (C=O) groups excluding carboxylic acids is 1. The highest BCUT2D eigenvalue weighted by Gasteiger charge is 2.49. The second-order valence-electron chi connectivity index (χ2n) is 24.7. The van der Waals surface area contributed by atoms with Gasteiger partial charge in [-0.25, -0.2) is 0 Å². The summed E-state index contributed by atoms with van der Waals surface area (Å²) in [5.74, 6) is -0.236. The van der Waals surface area contributed by atoms with Crippen LogP contribution in [0.1, 0.15) is 271 Å². The van der Waals surface area contributed by atoms with Crippen LogP contribution in [0.2, 0.25) is 0 Å². The molecule has 3 saturated heterocycles. The van der Waals surface area contributed by atoms with Crippen LogP contribution >= 0.6 is 0 Å². The predicted molar refractivity (Wildman–Crippen MR) is 319 cm³/mol. The van der Waals surface area contributed by atoms with Gasteiger partial charge in [-0.3, -0.25) is 4.79 Å². The van der Waals surface area contributed by atoms with Crippen LogP contribution in [0.15, 0.2) is 0 Å². The molecule has 0 radical (unpaired) electrons. The molecule has 3 aliphatic heterocycles. The maximum absolute atomic E-state index is 13.4. The summed E-state index contributed by atoms with van der Waals surface area (Å²) in [5, 5.41) is 120. The molecule has 0 aromatic heterocycles. The van der Waals surface area contributed by atoms with E-state index < -0.39 is 124 Å². The fraction of sp³-hybridized carbons (Fsp3) is 0.984. The number of aliphatic hydroxyl groups is 11. The number of unbranched alkanes of at least 4 members (excludes halogenated alkanes) is 36. The first-order chi connectivity index (χ1) is 40.2. The normalized spacial score (nSPS) is 29.3. The van der Waals surface area contributed by atoms with E-state index in [1.165, 1.54) is 193 Å². The zero-order chi connectivity index (χ0) is 60.5. The summed E-state index contributed by atoms with van der Waals surface area (Å²) in [7, 11) is 0. The SMILES string of the molecule is CCCCCCCCCCCCCCCCCCCCCCCC(=O)N[C@@H](CO[C@@H]1O[C@H](CO[C@H]2O[C@H](CO[C@H]3O[C@H](CO)[C@H](O)[C@H](O)[C@H]3O)[C@H](O)[C@H](O)[C@H]2O)[C@H](O)[C@H](O)[C@H]1O)[C@H](O)CCCCCCCCCCCCCCCCCCC. The topological polar surface area (TPSA) is 307 Å². The Balaban J connectivity index is 1.43. The number of ether oxygens (including phenoxy) is 6. The molecule has 492 valence electrons. The molecule has 0 aromatic rings. The van der Waals surface area contributed by atoms with Gasteiger partial charge in [0.2, 0.25) is 5.91 Å². The number of hydrogen-bond acceptors (Lipinski definition) is 18. The number of amides is 1. The number of rotatable bonds is 52. The van der Waals surface area contributed by atoms with Gasteiger partial charge in [-0.2, -0.15) is 0 Å². The fourth-order valence-electron chi connectivity index (χ4n) is 11.7. The van der Waals surface area contributed by atoms with Gasteiger partial charge in [0.1, 0.15) is 73.2 Å². The molecule has 0 spiro atoms. The zero-order valence-corrected chi connectivity index (χ0v) is 51.7. The van der Waals surface area contributed by atoms with Crippen molar-refractivity contribution in [3.05, 3.63) is 0 Å². The van der Waals surface area contributed by atoms with Crippen LogP contribution < -0.4 is 5.32 Å². The van der Waals surface area contributed by atoms with Crippen molar-refractivity contribution in [2.45, 2.75) is 375 Å². The summed E-state index contributed by atoms with van der Waals surface area (Å²) < 4.78 is 34.1. The third kappa shape index (κ3) is 31.7. The molecule has 3 heterocycles. The van der Waals surface area contributed by atoms with E-state index in [1.54, 1.807) is 0 Å². The lowest BCUT2D eigenvalue weighted by Gasteiger charge is -2.44. The maximum Gasteiger partial charge on any atom is 0.220 e. The van der Waals surface area contributed by atoms with E-state index in [0.29, 0.717) is 12.8 Å². The van der Waals surface area contributed by atoms with Gasteiger partial charge >= 0.3 is 0 Å². The first kappa shape index (κ1) is 76.0. The van der Waals surface area contributed by atoms with E-state index in [9.17, 15) is 61.0 Å². The molecule has 19 nitrogen and oxygen atoms in total. The van der Waals surface area contributed by atoms with Gasteiger partial charge in [0, 0.05) is 6.42 Å². The zero-order valence-electron chi connectivity index (χ0n) is 51.7. The van der Waals surface area contributed by atoms with E-state index >= 15 is 0 Å². The van der Waals surface area contributed by atoms with Crippen molar-refractivity contribution in [2.75, 3.05) is 26.4 Å². The lowest BCUT2D eigenvalue weighted by molar-refractivity contribution is -0.342. The molecule has 3 fully saturated rings. The summed E-state index contributed by atoms with van der Waals surface area (Å²) in [4.78, 5) is 13.4. The molecular formula is C64H123NO18. The Morgan fingerprint density at radius 1 is 0.373 bits per heavy atom. The highest BCUT2D eigenvalue weighted by Crippen LogP contribution is 2.29. The molecule has 17 atom stereocenters. The molecule has 0 saturated carbocycles. The van der Waals surface area contributed by atoms with Crippen molar-refractivity contribution in [3.8, 4) is 0 Å². The van der Waals surface area contributed by atoms with Crippen molar-refractivity contribution in [1.82, 2.24) is 5.32 Å². The smallest absolute Gasteiger partial charge is 0.220 e. The standard InChI is InChI=1S/C64H123NO18/c1-3-5-7-9-11-13-15-17-19-21-22-23-24-26-28-30-32-34-36-38-40-42-52(68)65-47(48(67)41-39-37-35-33-31-29-27-25-20-18-16-14-12-10-8-6-4-2)44-78-62-60(76)57(73)54(70)50(82-62)46-80-64-61(77)58(74)55(71)51(83-64)45-79-63-59(75)56(72)53(69)49(43-66)81-63/h47-51,53-64,66-67,69-77H,3-46H2,1-2H3,(H,65,68)/t47-,48+,49+,50+,51+,53-,54-,55-,56-,57-,58-,59+,60+,61+,62+,63-,64-/m0/s1. The summed E-state index contributed by atoms with van der Waals surface area (Å²) in [6, 6.07) is -0.881. The van der Waals surface area contributed by atoms with Gasteiger partial charge in [-0.15, -0.1) is 0 Å². The third-order valence-electron chi connectivity index (χ3n) is 17.4. The minimum atomic E-state index is -1.85. The minimum Gasteiger partial charge on any atom is -0.394 e. The van der Waals surface area contributed by atoms with Crippen molar-refractivity contribution in [2.24, 2.45) is 0 Å². The van der Waals surface area contributed by atoms with E-state index in [-0.39, 0.29) is 18.9 Å². The summed E-state index contributed by atoms with van der Waals surface area (Å²) in [6.45, 7) is 2.32. The minimum absolute atomic E-state index is 0.236. The Morgan fingerprint density at radius 2 is 0.651 bits per heavy atom. The lowest BCUT2D eigenvalue weighted by atomic mass is 9.98. The van der Waals surface area contributed by atoms with E-state index in [4.69, 9.17) is 28.4 Å². The quantitative estimate of drug-likeness (QED) is 0.0257. The van der Waals surface area contributed by atoms with Crippen molar-refractivity contribution >= 4 is 5.91 Å². The van der Waals surface area contributed by atoms with Gasteiger partial charge in [0.15, 0.2) is 18.9 Å². The Kier molecular flexibility index (Phi) is 43.7. The second kappa shape index (κ2) is 47.7. The lowest BCUT2D eigenvalue weighted by Crippen LogP contribution is -2.63. The third-order valence-corrected chi connectivity index (χ3v) is 17.4. The van der Waals surface area contributed by atoms with Gasteiger partial charge < -0.3 is 89.9 Å². The van der Waals surface area contributed by atoms with Crippen LogP contribution in [0.3, 0.4) is 0 Å². The van der Waals surface area contributed by atoms with E-state index in [1.807, 2.05) is 0 Å². The largest absolute Gasteiger partial charge is 0.394 e. The average molecular weight is 1190 g/mol. The van der Waals surface area contributed by atoms with E-state index in [0.717, 1.165) is 44.9 Å². The Hall–Kier alpha value is -1.21. The molecular weight excluding hydrogens is 1070 g/mol. The summed E-state index contributed by atoms with van der Waals surface area (Å²) in [6.07, 6.45) is 22.5.